The number of hydrogen-bond donors (Lipinski definition) is 0. The summed E-state index contributed by atoms with van der Waals surface area (Å²) in [5.41, 5.74) is 1.07. The molecule has 0 aliphatic rings. The van der Waals surface area contributed by atoms with Crippen molar-refractivity contribution in [2.45, 2.75) is 6.92 Å². The molecule has 0 aromatic heterocycles. The van der Waals surface area contributed by atoms with E-state index in [9.17, 15) is 9.59 Å². The summed E-state index contributed by atoms with van der Waals surface area (Å²) in [4.78, 5) is 23.1. The Morgan fingerprint density at radius 3 is 2.32 bits per heavy atom. The monoisotopic (exact) mass is 318 g/mol. The van der Waals surface area contributed by atoms with Gasteiger partial charge in [0, 0.05) is 22.5 Å². The molecule has 0 radical (unpaired) electrons. The van der Waals surface area contributed by atoms with Crippen LogP contribution in [-0.2, 0) is 4.79 Å². The van der Waals surface area contributed by atoms with Crippen molar-refractivity contribution in [3.05, 3.63) is 64.1 Å². The molecule has 0 unspecified atom stereocenters. The number of halogens is 1. The molecule has 0 saturated carbocycles. The largest absolute Gasteiger partial charge is 0.427 e. The highest BCUT2D eigenvalue weighted by Crippen LogP contribution is 2.18. The van der Waals surface area contributed by atoms with Crippen molar-refractivity contribution in [3.63, 3.8) is 0 Å². The molecule has 0 spiro atoms. The molecule has 2 rings (SSSR count). The Labute approximate surface area is 119 Å². The van der Waals surface area contributed by atoms with Gasteiger partial charge in [0.15, 0.2) is 5.78 Å². The maximum Gasteiger partial charge on any atom is 0.308 e. The van der Waals surface area contributed by atoms with Crippen LogP contribution in [0.25, 0.3) is 0 Å². The Morgan fingerprint density at radius 1 is 1.00 bits per heavy atom. The molecule has 96 valence electrons. The lowest BCUT2D eigenvalue weighted by atomic mass is 10.0. The van der Waals surface area contributed by atoms with Gasteiger partial charge in [0.1, 0.15) is 5.75 Å². The van der Waals surface area contributed by atoms with Crippen LogP contribution in [0.3, 0.4) is 0 Å². The number of carbonyl (C=O) groups is 2. The van der Waals surface area contributed by atoms with Crippen LogP contribution in [0.15, 0.2) is 53.0 Å². The molecule has 0 fully saturated rings. The van der Waals surface area contributed by atoms with Crippen LogP contribution in [0, 0.1) is 0 Å². The summed E-state index contributed by atoms with van der Waals surface area (Å²) in [5, 5.41) is 0. The van der Waals surface area contributed by atoms with E-state index < -0.39 is 5.97 Å². The van der Waals surface area contributed by atoms with Crippen LogP contribution in [0.1, 0.15) is 22.8 Å². The van der Waals surface area contributed by atoms with Crippen molar-refractivity contribution in [2.24, 2.45) is 0 Å². The van der Waals surface area contributed by atoms with Gasteiger partial charge < -0.3 is 4.74 Å². The summed E-state index contributed by atoms with van der Waals surface area (Å²) in [6.07, 6.45) is 0. The highest BCUT2D eigenvalue weighted by molar-refractivity contribution is 9.10. The highest BCUT2D eigenvalue weighted by Gasteiger charge is 2.10. The van der Waals surface area contributed by atoms with E-state index in [1.165, 1.54) is 6.92 Å². The zero-order valence-corrected chi connectivity index (χ0v) is 11.8. The zero-order valence-electron chi connectivity index (χ0n) is 10.2. The predicted molar refractivity (Wildman–Crippen MR) is 75.3 cm³/mol. The van der Waals surface area contributed by atoms with Gasteiger partial charge in [-0.15, -0.1) is 0 Å². The second-order valence-corrected chi connectivity index (χ2v) is 4.87. The molecule has 0 amide bonds. The minimum absolute atomic E-state index is 0.110. The standard InChI is InChI=1S/C15H11BrO3/c1-10(17)19-14-4-2-3-12(9-14)15(18)11-5-7-13(16)8-6-11/h2-9H,1H3. The number of carbonyl (C=O) groups excluding carboxylic acids is 2. The van der Waals surface area contributed by atoms with E-state index in [0.717, 1.165) is 4.47 Å². The maximum atomic E-state index is 12.2. The molecule has 3 nitrogen and oxygen atoms in total. The van der Waals surface area contributed by atoms with Crippen molar-refractivity contribution in [1.29, 1.82) is 0 Å². The van der Waals surface area contributed by atoms with Gasteiger partial charge >= 0.3 is 5.97 Å². The Bertz CT molecular complexity index is 618. The van der Waals surface area contributed by atoms with E-state index in [0.29, 0.717) is 16.9 Å². The third kappa shape index (κ3) is 3.51. The lowest BCUT2D eigenvalue weighted by molar-refractivity contribution is -0.131. The second-order valence-electron chi connectivity index (χ2n) is 3.96. The van der Waals surface area contributed by atoms with E-state index in [1.54, 1.807) is 36.4 Å². The molecule has 4 heteroatoms. The first-order chi connectivity index (χ1) is 9.06. The zero-order chi connectivity index (χ0) is 13.8. The molecule has 0 bridgehead atoms. The second kappa shape index (κ2) is 5.80. The first kappa shape index (κ1) is 13.5. The number of ether oxygens (including phenoxy) is 1. The average Bonchev–Trinajstić information content (AvgIpc) is 2.38. The molecule has 0 saturated heterocycles. The molecule has 0 heterocycles. The lowest BCUT2D eigenvalue weighted by Gasteiger charge is -2.04. The molecule has 0 N–H and O–H groups in total. The molecule has 2 aromatic carbocycles. The van der Waals surface area contributed by atoms with Crippen LogP contribution < -0.4 is 4.74 Å². The van der Waals surface area contributed by atoms with E-state index in [4.69, 9.17) is 4.74 Å². The fourth-order valence-electron chi connectivity index (χ4n) is 1.63. The molecule has 0 atom stereocenters. The van der Waals surface area contributed by atoms with Crippen LogP contribution in [0.4, 0.5) is 0 Å². The molecule has 19 heavy (non-hydrogen) atoms. The van der Waals surface area contributed by atoms with Gasteiger partial charge in [-0.2, -0.15) is 0 Å². The Kier molecular flexibility index (Phi) is 4.12. The van der Waals surface area contributed by atoms with Crippen LogP contribution in [0.5, 0.6) is 5.75 Å². The van der Waals surface area contributed by atoms with Crippen molar-refractivity contribution >= 4 is 27.7 Å². The molecular weight excluding hydrogens is 308 g/mol. The SMILES string of the molecule is CC(=O)Oc1cccc(C(=O)c2ccc(Br)cc2)c1. The summed E-state index contributed by atoms with van der Waals surface area (Å²) >= 11 is 3.32. The molecular formula is C15H11BrO3. The van der Waals surface area contributed by atoms with Gasteiger partial charge in [0.2, 0.25) is 0 Å². The van der Waals surface area contributed by atoms with Gasteiger partial charge in [-0.3, -0.25) is 9.59 Å². The summed E-state index contributed by atoms with van der Waals surface area (Å²) < 4.78 is 5.88. The summed E-state index contributed by atoms with van der Waals surface area (Å²) in [6, 6.07) is 13.7. The normalized spacial score (nSPS) is 10.0. The first-order valence-corrected chi connectivity index (χ1v) is 6.44. The van der Waals surface area contributed by atoms with Crippen molar-refractivity contribution in [3.8, 4) is 5.75 Å². The third-order valence-corrected chi connectivity index (χ3v) is 2.99. The topological polar surface area (TPSA) is 43.4 Å². The predicted octanol–water partition coefficient (Wildman–Crippen LogP) is 3.61. The fourth-order valence-corrected chi connectivity index (χ4v) is 1.90. The van der Waals surface area contributed by atoms with E-state index >= 15 is 0 Å². The number of benzene rings is 2. The average molecular weight is 319 g/mol. The van der Waals surface area contributed by atoms with Gasteiger partial charge in [-0.05, 0) is 36.4 Å². The summed E-state index contributed by atoms with van der Waals surface area (Å²) in [6.45, 7) is 1.32. The van der Waals surface area contributed by atoms with Crippen molar-refractivity contribution < 1.29 is 14.3 Å². The van der Waals surface area contributed by atoms with E-state index in [1.807, 2.05) is 12.1 Å². The van der Waals surface area contributed by atoms with Crippen molar-refractivity contribution in [1.82, 2.24) is 0 Å². The molecule has 0 aliphatic heterocycles. The highest BCUT2D eigenvalue weighted by atomic mass is 79.9. The van der Waals surface area contributed by atoms with Gasteiger partial charge in [-0.1, -0.05) is 28.1 Å². The lowest BCUT2D eigenvalue weighted by Crippen LogP contribution is -2.04. The number of rotatable bonds is 3. The van der Waals surface area contributed by atoms with E-state index in [-0.39, 0.29) is 5.78 Å². The summed E-state index contributed by atoms with van der Waals surface area (Å²) in [5.74, 6) is -0.148. The third-order valence-electron chi connectivity index (χ3n) is 2.46. The Morgan fingerprint density at radius 2 is 1.68 bits per heavy atom. The van der Waals surface area contributed by atoms with Crippen LogP contribution in [-0.4, -0.2) is 11.8 Å². The van der Waals surface area contributed by atoms with Gasteiger partial charge in [-0.25, -0.2) is 0 Å². The quantitative estimate of drug-likeness (QED) is 0.493. The minimum Gasteiger partial charge on any atom is -0.427 e. The number of esters is 1. The van der Waals surface area contributed by atoms with Gasteiger partial charge in [0.25, 0.3) is 0 Å². The number of ketones is 1. The molecule has 0 aliphatic carbocycles. The van der Waals surface area contributed by atoms with Crippen LogP contribution in [0.2, 0.25) is 0 Å². The summed E-state index contributed by atoms with van der Waals surface area (Å²) in [7, 11) is 0. The Hall–Kier alpha value is -1.94. The Balaban J connectivity index is 2.28. The first-order valence-electron chi connectivity index (χ1n) is 5.65. The minimum atomic E-state index is -0.409. The fraction of sp³-hybridized carbons (Fsp3) is 0.0667. The van der Waals surface area contributed by atoms with Crippen molar-refractivity contribution in [2.75, 3.05) is 0 Å². The van der Waals surface area contributed by atoms with E-state index in [2.05, 4.69) is 15.9 Å². The number of hydrogen-bond acceptors (Lipinski definition) is 3. The smallest absolute Gasteiger partial charge is 0.308 e. The van der Waals surface area contributed by atoms with Gasteiger partial charge in [0.05, 0.1) is 0 Å². The molecule has 2 aromatic rings. The van der Waals surface area contributed by atoms with Crippen LogP contribution >= 0.6 is 15.9 Å². The maximum absolute atomic E-state index is 12.2.